The van der Waals surface area contributed by atoms with Crippen molar-refractivity contribution in [3.63, 3.8) is 0 Å². The van der Waals surface area contributed by atoms with Gasteiger partial charge in [0.25, 0.3) is 0 Å². The molecule has 0 amide bonds. The standard InChI is InChI=1S/C13H7NO3/c15-6-8-1-2-9(7-16)13-12(8)10-3-4-14-5-11(10)17-13/h1-7H. The van der Waals surface area contributed by atoms with E-state index in [0.29, 0.717) is 34.0 Å². The first kappa shape index (κ1) is 9.72. The second-order valence-corrected chi connectivity index (χ2v) is 3.66. The van der Waals surface area contributed by atoms with Gasteiger partial charge in [0.15, 0.2) is 18.2 Å². The summed E-state index contributed by atoms with van der Waals surface area (Å²) in [6, 6.07) is 4.96. The van der Waals surface area contributed by atoms with Crippen LogP contribution in [0.2, 0.25) is 0 Å². The van der Waals surface area contributed by atoms with E-state index in [1.807, 2.05) is 0 Å². The summed E-state index contributed by atoms with van der Waals surface area (Å²) in [4.78, 5) is 25.9. The van der Waals surface area contributed by atoms with Crippen LogP contribution in [0.3, 0.4) is 0 Å². The normalized spacial score (nSPS) is 10.8. The molecule has 0 N–H and O–H groups in total. The van der Waals surface area contributed by atoms with Crippen LogP contribution in [0.15, 0.2) is 35.0 Å². The zero-order valence-electron chi connectivity index (χ0n) is 8.71. The molecule has 0 fully saturated rings. The third-order valence-corrected chi connectivity index (χ3v) is 2.74. The summed E-state index contributed by atoms with van der Waals surface area (Å²) < 4.78 is 5.56. The maximum atomic E-state index is 11.0. The highest BCUT2D eigenvalue weighted by molar-refractivity contribution is 6.15. The Balaban J connectivity index is 2.62. The summed E-state index contributed by atoms with van der Waals surface area (Å²) in [5, 5.41) is 1.46. The molecule has 2 aromatic heterocycles. The second-order valence-electron chi connectivity index (χ2n) is 3.66. The van der Waals surface area contributed by atoms with Gasteiger partial charge in [-0.15, -0.1) is 0 Å². The SMILES string of the molecule is O=Cc1ccc(C=O)c2c1oc1cnccc12. The van der Waals surface area contributed by atoms with E-state index in [1.165, 1.54) is 0 Å². The average Bonchev–Trinajstić information content (AvgIpc) is 2.77. The van der Waals surface area contributed by atoms with Gasteiger partial charge in [-0.25, -0.2) is 0 Å². The van der Waals surface area contributed by atoms with Crippen molar-refractivity contribution in [1.82, 2.24) is 4.98 Å². The molecule has 0 atom stereocenters. The predicted molar refractivity (Wildman–Crippen MR) is 62.3 cm³/mol. The molecule has 4 nitrogen and oxygen atoms in total. The Morgan fingerprint density at radius 1 is 1.06 bits per heavy atom. The molecule has 82 valence electrons. The van der Waals surface area contributed by atoms with E-state index in [0.717, 1.165) is 11.7 Å². The number of nitrogens with zero attached hydrogens (tertiary/aromatic N) is 1. The molecular formula is C13H7NO3. The Kier molecular flexibility index (Phi) is 2.01. The Bertz CT molecular complexity index is 743. The van der Waals surface area contributed by atoms with Crippen molar-refractivity contribution in [1.29, 1.82) is 0 Å². The molecule has 0 saturated heterocycles. The monoisotopic (exact) mass is 225 g/mol. The highest BCUT2D eigenvalue weighted by atomic mass is 16.3. The van der Waals surface area contributed by atoms with E-state index >= 15 is 0 Å². The van der Waals surface area contributed by atoms with Crippen molar-refractivity contribution in [3.05, 3.63) is 41.7 Å². The van der Waals surface area contributed by atoms with Crippen LogP contribution in [0, 0.1) is 0 Å². The highest BCUT2D eigenvalue weighted by Gasteiger charge is 2.13. The Labute approximate surface area is 95.9 Å². The first-order valence-electron chi connectivity index (χ1n) is 5.04. The van der Waals surface area contributed by atoms with Gasteiger partial charge in [0.05, 0.1) is 11.8 Å². The molecule has 0 bridgehead atoms. The van der Waals surface area contributed by atoms with Gasteiger partial charge >= 0.3 is 0 Å². The van der Waals surface area contributed by atoms with Crippen molar-refractivity contribution in [3.8, 4) is 0 Å². The number of fused-ring (bicyclic) bond motifs is 3. The van der Waals surface area contributed by atoms with Crippen molar-refractivity contribution in [2.45, 2.75) is 0 Å². The smallest absolute Gasteiger partial charge is 0.153 e. The lowest BCUT2D eigenvalue weighted by Gasteiger charge is -1.96. The zero-order valence-corrected chi connectivity index (χ0v) is 8.71. The van der Waals surface area contributed by atoms with Crippen LogP contribution in [0.5, 0.6) is 0 Å². The minimum Gasteiger partial charge on any atom is -0.454 e. The summed E-state index contributed by atoms with van der Waals surface area (Å²) in [6.45, 7) is 0. The van der Waals surface area contributed by atoms with Crippen LogP contribution in [0.25, 0.3) is 21.9 Å². The molecular weight excluding hydrogens is 218 g/mol. The van der Waals surface area contributed by atoms with Crippen molar-refractivity contribution in [2.24, 2.45) is 0 Å². The van der Waals surface area contributed by atoms with E-state index < -0.39 is 0 Å². The number of hydrogen-bond donors (Lipinski definition) is 0. The van der Waals surface area contributed by atoms with Crippen LogP contribution in [-0.4, -0.2) is 17.6 Å². The molecule has 3 rings (SSSR count). The lowest BCUT2D eigenvalue weighted by atomic mass is 10.0. The van der Waals surface area contributed by atoms with Crippen molar-refractivity contribution in [2.75, 3.05) is 0 Å². The maximum absolute atomic E-state index is 11.0. The predicted octanol–water partition coefficient (Wildman–Crippen LogP) is 2.61. The van der Waals surface area contributed by atoms with Gasteiger partial charge in [0.1, 0.15) is 5.58 Å². The minimum atomic E-state index is 0.432. The number of carbonyl (C=O) groups is 2. The summed E-state index contributed by atoms with van der Waals surface area (Å²) in [7, 11) is 0. The van der Waals surface area contributed by atoms with E-state index in [4.69, 9.17) is 4.42 Å². The molecule has 17 heavy (non-hydrogen) atoms. The van der Waals surface area contributed by atoms with E-state index in [-0.39, 0.29) is 0 Å². The summed E-state index contributed by atoms with van der Waals surface area (Å²) in [5.41, 5.74) is 1.95. The first-order chi connectivity index (χ1) is 8.35. The summed E-state index contributed by atoms with van der Waals surface area (Å²) in [6.07, 6.45) is 4.66. The molecule has 3 aromatic rings. The fourth-order valence-electron chi connectivity index (χ4n) is 1.97. The van der Waals surface area contributed by atoms with E-state index in [9.17, 15) is 9.59 Å². The summed E-state index contributed by atoms with van der Waals surface area (Å²) >= 11 is 0. The van der Waals surface area contributed by atoms with Crippen LogP contribution < -0.4 is 0 Å². The lowest BCUT2D eigenvalue weighted by Crippen LogP contribution is -1.86. The number of pyridine rings is 1. The largest absolute Gasteiger partial charge is 0.454 e. The molecule has 2 heterocycles. The quantitative estimate of drug-likeness (QED) is 0.629. The molecule has 0 aliphatic carbocycles. The van der Waals surface area contributed by atoms with Crippen LogP contribution in [0.1, 0.15) is 20.7 Å². The zero-order chi connectivity index (χ0) is 11.8. The Morgan fingerprint density at radius 3 is 2.59 bits per heavy atom. The second kappa shape index (κ2) is 3.52. The van der Waals surface area contributed by atoms with Crippen LogP contribution in [-0.2, 0) is 0 Å². The lowest BCUT2D eigenvalue weighted by molar-refractivity contribution is 0.111. The van der Waals surface area contributed by atoms with Crippen LogP contribution >= 0.6 is 0 Å². The first-order valence-corrected chi connectivity index (χ1v) is 5.04. The fraction of sp³-hybridized carbons (Fsp3) is 0. The molecule has 0 aliphatic rings. The molecule has 0 aliphatic heterocycles. The van der Waals surface area contributed by atoms with Gasteiger partial charge in [-0.05, 0) is 12.1 Å². The highest BCUT2D eigenvalue weighted by Crippen LogP contribution is 2.31. The number of furan rings is 1. The third-order valence-electron chi connectivity index (χ3n) is 2.74. The summed E-state index contributed by atoms with van der Waals surface area (Å²) in [5.74, 6) is 0. The van der Waals surface area contributed by atoms with Gasteiger partial charge in [0, 0.05) is 22.5 Å². The average molecular weight is 225 g/mol. The Morgan fingerprint density at radius 2 is 1.82 bits per heavy atom. The molecule has 0 spiro atoms. The van der Waals surface area contributed by atoms with Gasteiger partial charge in [-0.3, -0.25) is 14.6 Å². The van der Waals surface area contributed by atoms with Crippen molar-refractivity contribution < 1.29 is 14.0 Å². The minimum absolute atomic E-state index is 0.432. The molecule has 4 heteroatoms. The number of aromatic nitrogens is 1. The molecule has 0 saturated carbocycles. The fourth-order valence-corrected chi connectivity index (χ4v) is 1.97. The van der Waals surface area contributed by atoms with Gasteiger partial charge < -0.3 is 4.42 Å². The topological polar surface area (TPSA) is 60.2 Å². The van der Waals surface area contributed by atoms with E-state index in [2.05, 4.69) is 4.98 Å². The number of carbonyl (C=O) groups excluding carboxylic acids is 2. The number of benzene rings is 1. The number of rotatable bonds is 2. The Hall–Kier alpha value is -2.49. The molecule has 0 unspecified atom stereocenters. The van der Waals surface area contributed by atoms with Gasteiger partial charge in [0.2, 0.25) is 0 Å². The third kappa shape index (κ3) is 1.27. The van der Waals surface area contributed by atoms with Gasteiger partial charge in [-0.2, -0.15) is 0 Å². The van der Waals surface area contributed by atoms with Crippen LogP contribution in [0.4, 0.5) is 0 Å². The molecule has 1 aromatic carbocycles. The van der Waals surface area contributed by atoms with E-state index in [1.54, 1.807) is 30.6 Å². The molecule has 0 radical (unpaired) electrons. The van der Waals surface area contributed by atoms with Gasteiger partial charge in [-0.1, -0.05) is 6.07 Å². The maximum Gasteiger partial charge on any atom is 0.153 e. The number of aldehydes is 2. The van der Waals surface area contributed by atoms with Crippen molar-refractivity contribution >= 4 is 34.5 Å². The number of hydrogen-bond acceptors (Lipinski definition) is 4.